The van der Waals surface area contributed by atoms with Gasteiger partial charge in [-0.05, 0) is 49.7 Å². The Kier molecular flexibility index (Phi) is 5.12. The second-order valence-corrected chi connectivity index (χ2v) is 7.22. The first-order valence-electron chi connectivity index (χ1n) is 9.63. The predicted molar refractivity (Wildman–Crippen MR) is 112 cm³/mol. The Balaban J connectivity index is 1.41. The standard InChI is InChI=1S/C22H23N5O2/c1-14-15(2)26-20-11-17(5-8-19(20)25-14)22(29)24-12-16-3-6-18(7-4-16)27-10-9-23-21(28)13-27/h3-8,11H,9-10,12-13H2,1-2H3,(H,23,28)(H,24,29). The Morgan fingerprint density at radius 2 is 1.79 bits per heavy atom. The van der Waals surface area contributed by atoms with Crippen LogP contribution in [-0.2, 0) is 11.3 Å². The molecule has 0 unspecified atom stereocenters. The van der Waals surface area contributed by atoms with Gasteiger partial charge in [0.25, 0.3) is 5.91 Å². The molecule has 0 radical (unpaired) electrons. The Labute approximate surface area is 169 Å². The highest BCUT2D eigenvalue weighted by Gasteiger charge is 2.16. The molecule has 0 spiro atoms. The van der Waals surface area contributed by atoms with Crippen molar-refractivity contribution in [3.05, 3.63) is 65.0 Å². The number of amides is 2. The average molecular weight is 389 g/mol. The third-order valence-electron chi connectivity index (χ3n) is 5.13. The molecule has 2 aromatic carbocycles. The van der Waals surface area contributed by atoms with Gasteiger partial charge in [0.1, 0.15) is 0 Å². The zero-order valence-electron chi connectivity index (χ0n) is 16.5. The van der Waals surface area contributed by atoms with E-state index in [0.29, 0.717) is 25.2 Å². The molecule has 0 bridgehead atoms. The summed E-state index contributed by atoms with van der Waals surface area (Å²) in [6, 6.07) is 13.3. The highest BCUT2D eigenvalue weighted by atomic mass is 16.2. The highest BCUT2D eigenvalue weighted by molar-refractivity contribution is 5.97. The second-order valence-electron chi connectivity index (χ2n) is 7.22. The SMILES string of the molecule is Cc1nc2ccc(C(=O)NCc3ccc(N4CCNC(=O)C4)cc3)cc2nc1C. The van der Waals surface area contributed by atoms with Gasteiger partial charge in [0.05, 0.1) is 29.0 Å². The van der Waals surface area contributed by atoms with E-state index in [0.717, 1.165) is 40.2 Å². The van der Waals surface area contributed by atoms with E-state index in [1.165, 1.54) is 0 Å². The van der Waals surface area contributed by atoms with Gasteiger partial charge in [0, 0.05) is 30.9 Å². The van der Waals surface area contributed by atoms with Crippen molar-refractivity contribution in [2.75, 3.05) is 24.5 Å². The Morgan fingerprint density at radius 3 is 2.52 bits per heavy atom. The van der Waals surface area contributed by atoms with Gasteiger partial charge >= 0.3 is 0 Å². The molecule has 1 aliphatic heterocycles. The number of aromatic nitrogens is 2. The van der Waals surface area contributed by atoms with Crippen LogP contribution in [0.4, 0.5) is 5.69 Å². The van der Waals surface area contributed by atoms with E-state index in [-0.39, 0.29) is 11.8 Å². The van der Waals surface area contributed by atoms with Gasteiger partial charge in [0.15, 0.2) is 0 Å². The smallest absolute Gasteiger partial charge is 0.251 e. The summed E-state index contributed by atoms with van der Waals surface area (Å²) in [6.07, 6.45) is 0. The van der Waals surface area contributed by atoms with Crippen molar-refractivity contribution in [1.82, 2.24) is 20.6 Å². The monoisotopic (exact) mass is 389 g/mol. The average Bonchev–Trinajstić information content (AvgIpc) is 2.73. The number of anilines is 1. The minimum atomic E-state index is -0.149. The van der Waals surface area contributed by atoms with Crippen LogP contribution in [0.1, 0.15) is 27.3 Å². The highest BCUT2D eigenvalue weighted by Crippen LogP contribution is 2.17. The summed E-state index contributed by atoms with van der Waals surface area (Å²) in [7, 11) is 0. The molecule has 148 valence electrons. The zero-order chi connectivity index (χ0) is 20.4. The van der Waals surface area contributed by atoms with Crippen LogP contribution < -0.4 is 15.5 Å². The van der Waals surface area contributed by atoms with Gasteiger partial charge in [-0.1, -0.05) is 12.1 Å². The van der Waals surface area contributed by atoms with Crippen molar-refractivity contribution in [2.24, 2.45) is 0 Å². The molecular weight excluding hydrogens is 366 g/mol. The summed E-state index contributed by atoms with van der Waals surface area (Å²) in [5.74, 6) is -0.110. The number of fused-ring (bicyclic) bond motifs is 1. The molecule has 2 N–H and O–H groups in total. The van der Waals surface area contributed by atoms with Crippen LogP contribution in [0.25, 0.3) is 11.0 Å². The molecule has 0 atom stereocenters. The molecule has 7 nitrogen and oxygen atoms in total. The van der Waals surface area contributed by atoms with E-state index in [4.69, 9.17) is 0 Å². The lowest BCUT2D eigenvalue weighted by Crippen LogP contribution is -2.47. The number of nitrogens with zero attached hydrogens (tertiary/aromatic N) is 3. The van der Waals surface area contributed by atoms with Crippen LogP contribution in [0, 0.1) is 13.8 Å². The molecule has 1 fully saturated rings. The fraction of sp³-hybridized carbons (Fsp3) is 0.273. The van der Waals surface area contributed by atoms with E-state index >= 15 is 0 Å². The maximum Gasteiger partial charge on any atom is 0.251 e. The summed E-state index contributed by atoms with van der Waals surface area (Å²) >= 11 is 0. The number of rotatable bonds is 4. The number of nitrogens with one attached hydrogen (secondary N) is 2. The molecule has 1 aromatic heterocycles. The maximum atomic E-state index is 12.6. The van der Waals surface area contributed by atoms with E-state index < -0.39 is 0 Å². The van der Waals surface area contributed by atoms with Crippen molar-refractivity contribution >= 4 is 28.5 Å². The second kappa shape index (κ2) is 7.87. The van der Waals surface area contributed by atoms with Crippen LogP contribution in [0.15, 0.2) is 42.5 Å². The summed E-state index contributed by atoms with van der Waals surface area (Å²) in [5.41, 5.74) is 5.82. The van der Waals surface area contributed by atoms with E-state index in [1.54, 1.807) is 12.1 Å². The fourth-order valence-corrected chi connectivity index (χ4v) is 3.34. The van der Waals surface area contributed by atoms with Crippen molar-refractivity contribution in [1.29, 1.82) is 0 Å². The molecule has 7 heteroatoms. The Hall–Kier alpha value is -3.48. The van der Waals surface area contributed by atoms with E-state index in [1.807, 2.05) is 49.1 Å². The third-order valence-corrected chi connectivity index (χ3v) is 5.13. The van der Waals surface area contributed by atoms with Gasteiger partial charge in [0.2, 0.25) is 5.91 Å². The molecule has 3 aromatic rings. The van der Waals surface area contributed by atoms with Crippen LogP contribution in [-0.4, -0.2) is 41.4 Å². The van der Waals surface area contributed by atoms with Crippen molar-refractivity contribution in [2.45, 2.75) is 20.4 Å². The fourth-order valence-electron chi connectivity index (χ4n) is 3.34. The minimum absolute atomic E-state index is 0.0398. The van der Waals surface area contributed by atoms with Gasteiger partial charge in [-0.2, -0.15) is 0 Å². The number of benzene rings is 2. The lowest BCUT2D eigenvalue weighted by Gasteiger charge is -2.28. The van der Waals surface area contributed by atoms with Gasteiger partial charge in [-0.3, -0.25) is 9.59 Å². The predicted octanol–water partition coefficient (Wildman–Crippen LogP) is 2.11. The topological polar surface area (TPSA) is 87.2 Å². The molecule has 2 heterocycles. The summed E-state index contributed by atoms with van der Waals surface area (Å²) < 4.78 is 0. The molecule has 2 amide bonds. The number of carbonyl (C=O) groups is 2. The zero-order valence-corrected chi connectivity index (χ0v) is 16.5. The number of aryl methyl sites for hydroxylation is 2. The number of hydrogen-bond acceptors (Lipinski definition) is 5. The lowest BCUT2D eigenvalue weighted by atomic mass is 10.1. The molecule has 29 heavy (non-hydrogen) atoms. The first-order valence-corrected chi connectivity index (χ1v) is 9.63. The first-order chi connectivity index (χ1) is 14.0. The van der Waals surface area contributed by atoms with Gasteiger partial charge in [-0.25, -0.2) is 9.97 Å². The number of carbonyl (C=O) groups excluding carboxylic acids is 2. The van der Waals surface area contributed by atoms with Crippen molar-refractivity contribution in [3.8, 4) is 0 Å². The van der Waals surface area contributed by atoms with Crippen molar-refractivity contribution in [3.63, 3.8) is 0 Å². The summed E-state index contributed by atoms with van der Waals surface area (Å²) in [6.45, 7) is 6.09. The number of hydrogen-bond donors (Lipinski definition) is 2. The largest absolute Gasteiger partial charge is 0.360 e. The molecule has 1 aliphatic rings. The minimum Gasteiger partial charge on any atom is -0.360 e. The van der Waals surface area contributed by atoms with E-state index in [2.05, 4.69) is 20.6 Å². The van der Waals surface area contributed by atoms with Gasteiger partial charge in [-0.15, -0.1) is 0 Å². The quantitative estimate of drug-likeness (QED) is 0.714. The molecule has 0 aliphatic carbocycles. The summed E-state index contributed by atoms with van der Waals surface area (Å²) in [4.78, 5) is 35.1. The van der Waals surface area contributed by atoms with Crippen LogP contribution in [0.3, 0.4) is 0 Å². The molecule has 4 rings (SSSR count). The molecular formula is C22H23N5O2. The van der Waals surface area contributed by atoms with Crippen molar-refractivity contribution < 1.29 is 9.59 Å². The van der Waals surface area contributed by atoms with Crippen LogP contribution >= 0.6 is 0 Å². The Morgan fingerprint density at radius 1 is 1.07 bits per heavy atom. The maximum absolute atomic E-state index is 12.6. The third kappa shape index (κ3) is 4.18. The molecule has 1 saturated heterocycles. The summed E-state index contributed by atoms with van der Waals surface area (Å²) in [5, 5.41) is 5.77. The first kappa shape index (κ1) is 18.9. The normalized spacial score (nSPS) is 14.0. The molecule has 0 saturated carbocycles. The van der Waals surface area contributed by atoms with Gasteiger partial charge < -0.3 is 15.5 Å². The lowest BCUT2D eigenvalue weighted by molar-refractivity contribution is -0.120. The Bertz CT molecular complexity index is 1080. The number of piperazine rings is 1. The van der Waals surface area contributed by atoms with Crippen LogP contribution in [0.2, 0.25) is 0 Å². The van der Waals surface area contributed by atoms with E-state index in [9.17, 15) is 9.59 Å². The van der Waals surface area contributed by atoms with Crippen LogP contribution in [0.5, 0.6) is 0 Å².